The maximum atomic E-state index is 13.0. The minimum absolute atomic E-state index is 0.241. The van der Waals surface area contributed by atoms with Crippen molar-refractivity contribution in [3.05, 3.63) is 74.5 Å². The summed E-state index contributed by atoms with van der Waals surface area (Å²) in [5, 5.41) is 8.46. The molecule has 3 N–H and O–H groups in total. The second-order valence-electron chi connectivity index (χ2n) is 6.12. The van der Waals surface area contributed by atoms with Gasteiger partial charge in [0.15, 0.2) is 0 Å². The van der Waals surface area contributed by atoms with Gasteiger partial charge >= 0.3 is 6.03 Å². The van der Waals surface area contributed by atoms with Crippen molar-refractivity contribution < 1.29 is 14.3 Å². The molecule has 0 bridgehead atoms. The molecule has 7 heteroatoms. The SMILES string of the molecule is COc1ccc(I)cc1[C@@H]1NC(=O)NC(C)=C1C(=O)NCc1ccccc1. The number of carbonyl (C=O) groups excluding carboxylic acids is 2. The number of hydrogen-bond donors (Lipinski definition) is 3. The van der Waals surface area contributed by atoms with Gasteiger partial charge in [-0.05, 0) is 53.3 Å². The Morgan fingerprint density at radius 3 is 2.67 bits per heavy atom. The second-order valence-corrected chi connectivity index (χ2v) is 7.37. The van der Waals surface area contributed by atoms with Gasteiger partial charge in [-0.15, -0.1) is 0 Å². The van der Waals surface area contributed by atoms with Crippen molar-refractivity contribution in [2.24, 2.45) is 0 Å². The predicted octanol–water partition coefficient (Wildman–Crippen LogP) is 3.24. The summed E-state index contributed by atoms with van der Waals surface area (Å²) >= 11 is 2.19. The Bertz CT molecular complexity index is 897. The fourth-order valence-corrected chi connectivity index (χ4v) is 3.55. The second kappa shape index (κ2) is 8.43. The van der Waals surface area contributed by atoms with Gasteiger partial charge in [0, 0.05) is 21.4 Å². The number of carbonyl (C=O) groups is 2. The van der Waals surface area contributed by atoms with Crippen LogP contribution in [0.4, 0.5) is 4.79 Å². The number of ether oxygens (including phenoxy) is 1. The highest BCUT2D eigenvalue weighted by atomic mass is 127. The number of nitrogens with one attached hydrogen (secondary N) is 3. The van der Waals surface area contributed by atoms with E-state index >= 15 is 0 Å². The Hall–Kier alpha value is -2.55. The summed E-state index contributed by atoms with van der Waals surface area (Å²) in [4.78, 5) is 25.0. The van der Waals surface area contributed by atoms with Crippen molar-refractivity contribution in [1.29, 1.82) is 0 Å². The third-order valence-corrected chi connectivity index (χ3v) is 4.98. The number of benzene rings is 2. The maximum absolute atomic E-state index is 13.0. The smallest absolute Gasteiger partial charge is 0.319 e. The molecule has 0 radical (unpaired) electrons. The minimum atomic E-state index is -0.598. The van der Waals surface area contributed by atoms with Crippen LogP contribution in [0.1, 0.15) is 24.1 Å². The third kappa shape index (κ3) is 4.41. The molecule has 1 aliphatic rings. The third-order valence-electron chi connectivity index (χ3n) is 4.31. The Balaban J connectivity index is 1.92. The summed E-state index contributed by atoms with van der Waals surface area (Å²) in [6.07, 6.45) is 0. The van der Waals surface area contributed by atoms with Crippen LogP contribution in [0.25, 0.3) is 0 Å². The molecule has 1 aliphatic heterocycles. The molecular formula is C20H20IN3O3. The van der Waals surface area contributed by atoms with E-state index < -0.39 is 6.04 Å². The van der Waals surface area contributed by atoms with E-state index in [1.54, 1.807) is 14.0 Å². The van der Waals surface area contributed by atoms with E-state index in [1.165, 1.54) is 0 Å². The highest BCUT2D eigenvalue weighted by Crippen LogP contribution is 2.34. The van der Waals surface area contributed by atoms with Crippen LogP contribution in [0.3, 0.4) is 0 Å². The van der Waals surface area contributed by atoms with E-state index in [4.69, 9.17) is 4.74 Å². The fraction of sp³-hybridized carbons (Fsp3) is 0.200. The van der Waals surface area contributed by atoms with Gasteiger partial charge in [-0.3, -0.25) is 4.79 Å². The molecule has 0 spiro atoms. The van der Waals surface area contributed by atoms with Crippen molar-refractivity contribution in [3.63, 3.8) is 0 Å². The molecule has 6 nitrogen and oxygen atoms in total. The maximum Gasteiger partial charge on any atom is 0.319 e. The van der Waals surface area contributed by atoms with Crippen molar-refractivity contribution in [1.82, 2.24) is 16.0 Å². The van der Waals surface area contributed by atoms with Crippen LogP contribution in [-0.2, 0) is 11.3 Å². The average Bonchev–Trinajstić information content (AvgIpc) is 2.66. The Morgan fingerprint density at radius 1 is 1.22 bits per heavy atom. The predicted molar refractivity (Wildman–Crippen MR) is 111 cm³/mol. The molecule has 2 aromatic rings. The number of amides is 3. The molecule has 0 aliphatic carbocycles. The van der Waals surface area contributed by atoms with Gasteiger partial charge in [0.05, 0.1) is 18.7 Å². The van der Waals surface area contributed by atoms with Gasteiger partial charge < -0.3 is 20.7 Å². The number of allylic oxidation sites excluding steroid dienone is 1. The molecule has 2 aromatic carbocycles. The summed E-state index contributed by atoms with van der Waals surface area (Å²) in [6.45, 7) is 2.13. The van der Waals surface area contributed by atoms with Gasteiger partial charge in [-0.2, -0.15) is 0 Å². The first-order chi connectivity index (χ1) is 13.0. The zero-order chi connectivity index (χ0) is 19.4. The monoisotopic (exact) mass is 477 g/mol. The normalized spacial score (nSPS) is 16.4. The van der Waals surface area contributed by atoms with Gasteiger partial charge in [0.1, 0.15) is 5.75 Å². The van der Waals surface area contributed by atoms with Crippen LogP contribution < -0.4 is 20.7 Å². The Labute approximate surface area is 171 Å². The minimum Gasteiger partial charge on any atom is -0.496 e. The quantitative estimate of drug-likeness (QED) is 0.579. The largest absolute Gasteiger partial charge is 0.496 e. The fourth-order valence-electron chi connectivity index (χ4n) is 3.03. The first-order valence-electron chi connectivity index (χ1n) is 8.43. The first kappa shape index (κ1) is 19.2. The highest BCUT2D eigenvalue weighted by molar-refractivity contribution is 14.1. The summed E-state index contributed by atoms with van der Waals surface area (Å²) in [5.41, 5.74) is 2.73. The molecule has 0 aromatic heterocycles. The van der Waals surface area contributed by atoms with E-state index in [9.17, 15) is 9.59 Å². The zero-order valence-electron chi connectivity index (χ0n) is 15.0. The van der Waals surface area contributed by atoms with Gasteiger partial charge in [-0.1, -0.05) is 30.3 Å². The first-order valence-corrected chi connectivity index (χ1v) is 9.51. The summed E-state index contributed by atoms with van der Waals surface area (Å²) < 4.78 is 6.44. The molecular weight excluding hydrogens is 457 g/mol. The lowest BCUT2D eigenvalue weighted by Crippen LogP contribution is -2.47. The Kier molecular flexibility index (Phi) is 6.00. The molecule has 140 valence electrons. The standard InChI is InChI=1S/C20H20IN3O3/c1-12-17(19(25)22-11-13-6-4-3-5-7-13)18(24-20(26)23-12)15-10-14(21)8-9-16(15)27-2/h3-10,18H,11H2,1-2H3,(H,22,25)(H2,23,24,26)/t18-/m0/s1. The van der Waals surface area contributed by atoms with E-state index in [0.717, 1.165) is 14.7 Å². The molecule has 1 heterocycles. The van der Waals surface area contributed by atoms with Crippen molar-refractivity contribution in [2.75, 3.05) is 7.11 Å². The molecule has 0 saturated carbocycles. The molecule has 0 unspecified atom stereocenters. The van der Waals surface area contributed by atoms with Gasteiger partial charge in [-0.25, -0.2) is 4.79 Å². The van der Waals surface area contributed by atoms with Crippen LogP contribution >= 0.6 is 22.6 Å². The average molecular weight is 477 g/mol. The van der Waals surface area contributed by atoms with Crippen LogP contribution in [0.15, 0.2) is 59.8 Å². The molecule has 3 rings (SSSR count). The molecule has 27 heavy (non-hydrogen) atoms. The number of urea groups is 1. The van der Waals surface area contributed by atoms with Gasteiger partial charge in [0.25, 0.3) is 5.91 Å². The van der Waals surface area contributed by atoms with Crippen LogP contribution in [0, 0.1) is 3.57 Å². The van der Waals surface area contributed by atoms with Crippen LogP contribution in [0.2, 0.25) is 0 Å². The lowest BCUT2D eigenvalue weighted by atomic mass is 9.94. The number of rotatable bonds is 5. The topological polar surface area (TPSA) is 79.5 Å². The summed E-state index contributed by atoms with van der Waals surface area (Å²) in [6, 6.07) is 14.4. The lowest BCUT2D eigenvalue weighted by Gasteiger charge is -2.29. The van der Waals surface area contributed by atoms with Gasteiger partial charge in [0.2, 0.25) is 0 Å². The number of halogens is 1. The molecule has 0 fully saturated rings. The molecule has 0 saturated heterocycles. The van der Waals surface area contributed by atoms with E-state index in [0.29, 0.717) is 23.6 Å². The molecule has 3 amide bonds. The zero-order valence-corrected chi connectivity index (χ0v) is 17.2. The summed E-state index contributed by atoms with van der Waals surface area (Å²) in [5.74, 6) is 0.374. The van der Waals surface area contributed by atoms with Crippen molar-refractivity contribution in [2.45, 2.75) is 19.5 Å². The lowest BCUT2D eigenvalue weighted by molar-refractivity contribution is -0.118. The van der Waals surface area contributed by atoms with E-state index in [-0.39, 0.29) is 11.9 Å². The Morgan fingerprint density at radius 2 is 1.96 bits per heavy atom. The van der Waals surface area contributed by atoms with E-state index in [1.807, 2.05) is 48.5 Å². The van der Waals surface area contributed by atoms with Crippen molar-refractivity contribution in [3.8, 4) is 5.75 Å². The summed E-state index contributed by atoms with van der Waals surface area (Å²) in [7, 11) is 1.57. The number of methoxy groups -OCH3 is 1. The van der Waals surface area contributed by atoms with Crippen molar-refractivity contribution >= 4 is 34.5 Å². The number of hydrogen-bond acceptors (Lipinski definition) is 3. The molecule has 1 atom stereocenters. The van der Waals surface area contributed by atoms with Crippen LogP contribution in [0.5, 0.6) is 5.75 Å². The van der Waals surface area contributed by atoms with E-state index in [2.05, 4.69) is 38.5 Å². The highest BCUT2D eigenvalue weighted by Gasteiger charge is 2.32. The van der Waals surface area contributed by atoms with Crippen LogP contribution in [-0.4, -0.2) is 19.0 Å².